The van der Waals surface area contributed by atoms with Crippen LogP contribution in [0.15, 0.2) is 30.5 Å². The van der Waals surface area contributed by atoms with Gasteiger partial charge in [-0.15, -0.1) is 0 Å². The van der Waals surface area contributed by atoms with Crippen LogP contribution >= 0.6 is 11.6 Å². The van der Waals surface area contributed by atoms with Gasteiger partial charge in [0.2, 0.25) is 5.88 Å². The van der Waals surface area contributed by atoms with Crippen molar-refractivity contribution in [2.45, 2.75) is 6.18 Å². The normalized spacial score (nSPS) is 15.7. The van der Waals surface area contributed by atoms with E-state index in [2.05, 4.69) is 4.98 Å². The van der Waals surface area contributed by atoms with Crippen LogP contribution < -0.4 is 10.5 Å². The first-order valence-corrected chi connectivity index (χ1v) is 8.22. The molecule has 9 heteroatoms. The summed E-state index contributed by atoms with van der Waals surface area (Å²) >= 11 is 6.07. The molecule has 2 heterocycles. The maximum absolute atomic E-state index is 13.6. The van der Waals surface area contributed by atoms with Crippen molar-refractivity contribution < 1.29 is 22.3 Å². The second kappa shape index (κ2) is 7.28. The van der Waals surface area contributed by atoms with Gasteiger partial charge in [-0.3, -0.25) is 4.90 Å². The SMILES string of the molecule is Nc1cc(Cl)c(-c2ccc(OCC3CN(CC(F)(F)F)C3)nc2)cc1F. The number of likely N-dealkylation sites (tertiary alicyclic amines) is 1. The number of halogens is 5. The van der Waals surface area contributed by atoms with Crippen molar-refractivity contribution in [1.29, 1.82) is 0 Å². The number of alkyl halides is 3. The van der Waals surface area contributed by atoms with Crippen LogP contribution in [0.5, 0.6) is 5.88 Å². The number of anilines is 1. The summed E-state index contributed by atoms with van der Waals surface area (Å²) < 4.78 is 55.8. The molecule has 3 rings (SSSR count). The number of nitrogen functional groups attached to an aromatic ring is 1. The van der Waals surface area contributed by atoms with Gasteiger partial charge in [0.15, 0.2) is 0 Å². The van der Waals surface area contributed by atoms with Crippen molar-refractivity contribution in [2.24, 2.45) is 5.92 Å². The van der Waals surface area contributed by atoms with Gasteiger partial charge >= 0.3 is 6.18 Å². The third-order valence-electron chi connectivity index (χ3n) is 4.04. The molecule has 4 nitrogen and oxygen atoms in total. The lowest BCUT2D eigenvalue weighted by Crippen LogP contribution is -2.52. The molecule has 0 aliphatic carbocycles. The number of ether oxygens (including phenoxy) is 1. The van der Waals surface area contributed by atoms with Crippen molar-refractivity contribution in [2.75, 3.05) is 32.0 Å². The molecule has 0 unspecified atom stereocenters. The molecule has 0 bridgehead atoms. The first-order valence-electron chi connectivity index (χ1n) is 7.84. The average molecular weight is 390 g/mol. The lowest BCUT2D eigenvalue weighted by molar-refractivity contribution is -0.160. The summed E-state index contributed by atoms with van der Waals surface area (Å²) in [5.74, 6) is -0.187. The number of aromatic nitrogens is 1. The number of hydrogen-bond donors (Lipinski definition) is 1. The fourth-order valence-electron chi connectivity index (χ4n) is 2.78. The summed E-state index contributed by atoms with van der Waals surface area (Å²) in [6, 6.07) is 5.85. The lowest BCUT2D eigenvalue weighted by Gasteiger charge is -2.39. The molecule has 1 aromatic heterocycles. The standard InChI is InChI=1S/C17H16ClF4N3O/c18-13-4-15(23)14(19)3-12(13)11-1-2-16(24-5-11)26-8-10-6-25(7-10)9-17(20,21)22/h1-5,10H,6-9,23H2. The summed E-state index contributed by atoms with van der Waals surface area (Å²) in [6.45, 7) is 0.0865. The van der Waals surface area contributed by atoms with E-state index in [1.165, 1.54) is 23.2 Å². The Balaban J connectivity index is 1.54. The fourth-order valence-corrected chi connectivity index (χ4v) is 3.06. The Bertz CT molecular complexity index is 777. The molecule has 1 aliphatic rings. The third-order valence-corrected chi connectivity index (χ3v) is 4.35. The summed E-state index contributed by atoms with van der Waals surface area (Å²) in [7, 11) is 0. The quantitative estimate of drug-likeness (QED) is 0.620. The molecule has 0 spiro atoms. The molecule has 0 saturated carbocycles. The second-order valence-corrected chi connectivity index (χ2v) is 6.63. The van der Waals surface area contributed by atoms with E-state index in [1.54, 1.807) is 12.1 Å². The Hall–Kier alpha value is -2.06. The highest BCUT2D eigenvalue weighted by Crippen LogP contribution is 2.31. The Morgan fingerprint density at radius 2 is 2.00 bits per heavy atom. The fraction of sp³-hybridized carbons (Fsp3) is 0.353. The minimum Gasteiger partial charge on any atom is -0.477 e. The maximum Gasteiger partial charge on any atom is 0.401 e. The predicted molar refractivity (Wildman–Crippen MR) is 90.5 cm³/mol. The molecule has 1 fully saturated rings. The van der Waals surface area contributed by atoms with E-state index in [0.29, 0.717) is 35.1 Å². The second-order valence-electron chi connectivity index (χ2n) is 6.22. The van der Waals surface area contributed by atoms with E-state index in [0.717, 1.165) is 0 Å². The predicted octanol–water partition coefficient (Wildman–Crippen LogP) is 4.00. The van der Waals surface area contributed by atoms with Crippen LogP contribution in [0.25, 0.3) is 11.1 Å². The average Bonchev–Trinajstić information content (AvgIpc) is 2.52. The molecule has 2 N–H and O–H groups in total. The molecule has 26 heavy (non-hydrogen) atoms. The molecule has 0 atom stereocenters. The van der Waals surface area contributed by atoms with E-state index in [1.807, 2.05) is 0 Å². The lowest BCUT2D eigenvalue weighted by atomic mass is 10.0. The molecular weight excluding hydrogens is 374 g/mol. The molecule has 1 aromatic carbocycles. The summed E-state index contributed by atoms with van der Waals surface area (Å²) in [5.41, 5.74) is 6.48. The highest BCUT2D eigenvalue weighted by molar-refractivity contribution is 6.33. The van der Waals surface area contributed by atoms with Crippen LogP contribution in [0.4, 0.5) is 23.2 Å². The maximum atomic E-state index is 13.6. The molecule has 1 saturated heterocycles. The minimum absolute atomic E-state index is 0.0354. The van der Waals surface area contributed by atoms with Gasteiger partial charge in [-0.1, -0.05) is 11.6 Å². The van der Waals surface area contributed by atoms with Gasteiger partial charge in [0.05, 0.1) is 23.9 Å². The van der Waals surface area contributed by atoms with Gasteiger partial charge in [-0.05, 0) is 18.2 Å². The van der Waals surface area contributed by atoms with Crippen LogP contribution in [-0.4, -0.2) is 42.3 Å². The van der Waals surface area contributed by atoms with E-state index in [4.69, 9.17) is 22.1 Å². The van der Waals surface area contributed by atoms with Crippen LogP contribution in [0, 0.1) is 11.7 Å². The van der Waals surface area contributed by atoms with Crippen LogP contribution in [0.2, 0.25) is 5.02 Å². The first kappa shape index (κ1) is 18.7. The van der Waals surface area contributed by atoms with Crippen LogP contribution in [0.1, 0.15) is 0 Å². The van der Waals surface area contributed by atoms with Crippen molar-refractivity contribution >= 4 is 17.3 Å². The number of pyridine rings is 1. The van der Waals surface area contributed by atoms with E-state index < -0.39 is 18.5 Å². The number of nitrogens with zero attached hydrogens (tertiary/aromatic N) is 2. The molecule has 2 aromatic rings. The van der Waals surface area contributed by atoms with Gasteiger partial charge in [0.25, 0.3) is 0 Å². The van der Waals surface area contributed by atoms with Gasteiger partial charge in [0.1, 0.15) is 5.82 Å². The van der Waals surface area contributed by atoms with Crippen molar-refractivity contribution in [3.05, 3.63) is 41.3 Å². The monoisotopic (exact) mass is 389 g/mol. The summed E-state index contributed by atoms with van der Waals surface area (Å²) in [6.07, 6.45) is -2.69. The molecular formula is C17H16ClF4N3O. The van der Waals surface area contributed by atoms with E-state index in [-0.39, 0.29) is 18.2 Å². The molecule has 1 aliphatic heterocycles. The van der Waals surface area contributed by atoms with Crippen molar-refractivity contribution in [1.82, 2.24) is 9.88 Å². The third kappa shape index (κ3) is 4.56. The molecule has 140 valence electrons. The number of nitrogens with two attached hydrogens (primary N) is 1. The van der Waals surface area contributed by atoms with Gasteiger partial charge in [0, 0.05) is 42.4 Å². The Kier molecular flexibility index (Phi) is 5.24. The zero-order valence-corrected chi connectivity index (χ0v) is 14.3. The van der Waals surface area contributed by atoms with Gasteiger partial charge in [-0.2, -0.15) is 13.2 Å². The Morgan fingerprint density at radius 1 is 1.27 bits per heavy atom. The molecule has 0 radical (unpaired) electrons. The topological polar surface area (TPSA) is 51.4 Å². The highest BCUT2D eigenvalue weighted by Gasteiger charge is 2.37. The van der Waals surface area contributed by atoms with Gasteiger partial charge < -0.3 is 10.5 Å². The highest BCUT2D eigenvalue weighted by atomic mass is 35.5. The number of rotatable bonds is 5. The van der Waals surface area contributed by atoms with Gasteiger partial charge in [-0.25, -0.2) is 9.37 Å². The smallest absolute Gasteiger partial charge is 0.401 e. The van der Waals surface area contributed by atoms with Crippen LogP contribution in [-0.2, 0) is 0 Å². The minimum atomic E-state index is -4.17. The number of benzene rings is 1. The first-order chi connectivity index (χ1) is 12.2. The Labute approximate surface area is 152 Å². The number of hydrogen-bond acceptors (Lipinski definition) is 4. The summed E-state index contributed by atoms with van der Waals surface area (Å²) in [5, 5.41) is 0.304. The van der Waals surface area contributed by atoms with Crippen molar-refractivity contribution in [3.63, 3.8) is 0 Å². The largest absolute Gasteiger partial charge is 0.477 e. The zero-order chi connectivity index (χ0) is 18.9. The zero-order valence-electron chi connectivity index (χ0n) is 13.6. The van der Waals surface area contributed by atoms with Crippen LogP contribution in [0.3, 0.4) is 0 Å². The van der Waals surface area contributed by atoms with E-state index in [9.17, 15) is 17.6 Å². The van der Waals surface area contributed by atoms with Crippen molar-refractivity contribution in [3.8, 4) is 17.0 Å². The Morgan fingerprint density at radius 3 is 2.62 bits per heavy atom. The van der Waals surface area contributed by atoms with E-state index >= 15 is 0 Å². The summed E-state index contributed by atoms with van der Waals surface area (Å²) in [4.78, 5) is 5.45. The molecule has 0 amide bonds.